The molecule has 0 saturated heterocycles. The fraction of sp³-hybridized carbons (Fsp3) is 0.444. The summed E-state index contributed by atoms with van der Waals surface area (Å²) in [6.07, 6.45) is 3.78. The van der Waals surface area contributed by atoms with Gasteiger partial charge in [0.05, 0.1) is 22.6 Å². The van der Waals surface area contributed by atoms with E-state index in [2.05, 4.69) is 13.8 Å². The number of fused-ring (bicyclic) bond motifs is 1. The Bertz CT molecular complexity index is 771. The number of carbonyl (C=O) groups is 1. The lowest BCUT2D eigenvalue weighted by Crippen LogP contribution is -2.28. The SMILES string of the molecule is CC1(C)CC(=O)c2c(C3CC3)nn(-c3cccc(Cl)c3)c2C1. The van der Waals surface area contributed by atoms with Crippen molar-refractivity contribution in [1.82, 2.24) is 9.78 Å². The van der Waals surface area contributed by atoms with E-state index < -0.39 is 0 Å². The maximum atomic E-state index is 12.7. The fourth-order valence-electron chi connectivity index (χ4n) is 3.44. The molecular formula is C18H19ClN2O. The molecular weight excluding hydrogens is 296 g/mol. The van der Waals surface area contributed by atoms with Crippen LogP contribution in [0.5, 0.6) is 0 Å². The lowest BCUT2D eigenvalue weighted by atomic mass is 9.75. The first-order valence-electron chi connectivity index (χ1n) is 7.85. The van der Waals surface area contributed by atoms with Crippen LogP contribution in [0.25, 0.3) is 5.69 Å². The number of hydrogen-bond donors (Lipinski definition) is 0. The van der Waals surface area contributed by atoms with Crippen molar-refractivity contribution in [2.24, 2.45) is 5.41 Å². The average molecular weight is 315 g/mol. The Kier molecular flexibility index (Phi) is 2.99. The smallest absolute Gasteiger partial charge is 0.167 e. The summed E-state index contributed by atoms with van der Waals surface area (Å²) in [6, 6.07) is 7.70. The molecule has 22 heavy (non-hydrogen) atoms. The first-order chi connectivity index (χ1) is 10.4. The Labute approximate surface area is 135 Å². The van der Waals surface area contributed by atoms with E-state index in [0.717, 1.165) is 41.9 Å². The Morgan fingerprint density at radius 1 is 1.27 bits per heavy atom. The van der Waals surface area contributed by atoms with Gasteiger partial charge in [-0.2, -0.15) is 5.10 Å². The van der Waals surface area contributed by atoms with Crippen LogP contribution in [-0.2, 0) is 6.42 Å². The number of halogens is 1. The maximum Gasteiger partial charge on any atom is 0.167 e. The molecule has 4 heteroatoms. The molecule has 2 aliphatic carbocycles. The van der Waals surface area contributed by atoms with E-state index in [0.29, 0.717) is 17.4 Å². The summed E-state index contributed by atoms with van der Waals surface area (Å²) in [5, 5.41) is 5.51. The standard InChI is InChI=1S/C18H19ClN2O/c1-18(2)9-14-16(15(22)10-18)17(11-6-7-11)20-21(14)13-5-3-4-12(19)8-13/h3-5,8,11H,6-7,9-10H2,1-2H3. The lowest BCUT2D eigenvalue weighted by Gasteiger charge is -2.29. The summed E-state index contributed by atoms with van der Waals surface area (Å²) in [5.41, 5.74) is 3.89. The third-order valence-electron chi connectivity index (χ3n) is 4.59. The second kappa shape index (κ2) is 4.69. The molecule has 3 nitrogen and oxygen atoms in total. The fourth-order valence-corrected chi connectivity index (χ4v) is 3.63. The van der Waals surface area contributed by atoms with Gasteiger partial charge < -0.3 is 0 Å². The van der Waals surface area contributed by atoms with Gasteiger partial charge in [0, 0.05) is 17.4 Å². The van der Waals surface area contributed by atoms with Gasteiger partial charge >= 0.3 is 0 Å². The number of aromatic nitrogens is 2. The van der Waals surface area contributed by atoms with Crippen molar-refractivity contribution >= 4 is 17.4 Å². The molecule has 1 aromatic heterocycles. The van der Waals surface area contributed by atoms with Crippen LogP contribution in [-0.4, -0.2) is 15.6 Å². The average Bonchev–Trinajstić information content (AvgIpc) is 3.19. The molecule has 114 valence electrons. The molecule has 1 fully saturated rings. The zero-order valence-corrected chi connectivity index (χ0v) is 13.7. The van der Waals surface area contributed by atoms with Gasteiger partial charge in [-0.3, -0.25) is 4.79 Å². The zero-order chi connectivity index (χ0) is 15.5. The summed E-state index contributed by atoms with van der Waals surface area (Å²) in [4.78, 5) is 12.7. The second-order valence-corrected chi connectivity index (χ2v) is 7.75. The monoisotopic (exact) mass is 314 g/mol. The Balaban J connectivity index is 1.93. The van der Waals surface area contributed by atoms with E-state index in [4.69, 9.17) is 16.7 Å². The number of nitrogens with zero attached hydrogens (tertiary/aromatic N) is 2. The van der Waals surface area contributed by atoms with Crippen LogP contribution in [0.4, 0.5) is 0 Å². The van der Waals surface area contributed by atoms with Crippen LogP contribution in [0.2, 0.25) is 5.02 Å². The van der Waals surface area contributed by atoms with E-state index >= 15 is 0 Å². The molecule has 1 heterocycles. The van der Waals surface area contributed by atoms with Crippen LogP contribution in [0, 0.1) is 5.41 Å². The van der Waals surface area contributed by atoms with Crippen LogP contribution >= 0.6 is 11.6 Å². The van der Waals surface area contributed by atoms with Crippen molar-refractivity contribution in [3.8, 4) is 5.69 Å². The van der Waals surface area contributed by atoms with Gasteiger partial charge in [-0.15, -0.1) is 0 Å². The van der Waals surface area contributed by atoms with Gasteiger partial charge in [-0.25, -0.2) is 4.68 Å². The Morgan fingerprint density at radius 2 is 2.05 bits per heavy atom. The van der Waals surface area contributed by atoms with Gasteiger partial charge in [0.2, 0.25) is 0 Å². The Hall–Kier alpha value is -1.61. The topological polar surface area (TPSA) is 34.9 Å². The molecule has 0 bridgehead atoms. The summed E-state index contributed by atoms with van der Waals surface area (Å²) < 4.78 is 1.95. The second-order valence-electron chi connectivity index (χ2n) is 7.31. The highest BCUT2D eigenvalue weighted by atomic mass is 35.5. The summed E-state index contributed by atoms with van der Waals surface area (Å²) in [6.45, 7) is 4.31. The van der Waals surface area contributed by atoms with Crippen LogP contribution < -0.4 is 0 Å². The molecule has 0 atom stereocenters. The molecule has 0 N–H and O–H groups in total. The Morgan fingerprint density at radius 3 is 2.73 bits per heavy atom. The zero-order valence-electron chi connectivity index (χ0n) is 12.9. The molecule has 0 spiro atoms. The maximum absolute atomic E-state index is 12.7. The number of carbonyl (C=O) groups excluding carboxylic acids is 1. The molecule has 0 aliphatic heterocycles. The largest absolute Gasteiger partial charge is 0.294 e. The number of benzene rings is 1. The van der Waals surface area contributed by atoms with Crippen LogP contribution in [0.15, 0.2) is 24.3 Å². The molecule has 2 aromatic rings. The quantitative estimate of drug-likeness (QED) is 0.814. The van der Waals surface area contributed by atoms with Gasteiger partial charge in [0.15, 0.2) is 5.78 Å². The highest BCUT2D eigenvalue weighted by Gasteiger charge is 2.40. The molecule has 1 saturated carbocycles. The van der Waals surface area contributed by atoms with Crippen molar-refractivity contribution in [2.75, 3.05) is 0 Å². The highest BCUT2D eigenvalue weighted by Crippen LogP contribution is 2.46. The van der Waals surface area contributed by atoms with E-state index in [1.165, 1.54) is 0 Å². The third kappa shape index (κ3) is 2.28. The van der Waals surface area contributed by atoms with Crippen molar-refractivity contribution in [1.29, 1.82) is 0 Å². The molecule has 4 rings (SSSR count). The van der Waals surface area contributed by atoms with Crippen LogP contribution in [0.1, 0.15) is 60.8 Å². The van der Waals surface area contributed by atoms with E-state index in [1.807, 2.05) is 28.9 Å². The molecule has 2 aliphatic rings. The van der Waals surface area contributed by atoms with Crippen molar-refractivity contribution in [3.63, 3.8) is 0 Å². The van der Waals surface area contributed by atoms with Gasteiger partial charge in [0.1, 0.15) is 0 Å². The molecule has 1 aromatic carbocycles. The summed E-state index contributed by atoms with van der Waals surface area (Å²) in [7, 11) is 0. The number of Topliss-reactive ketones (excluding diaryl/α,β-unsaturated/α-hetero) is 1. The summed E-state index contributed by atoms with van der Waals surface area (Å²) >= 11 is 6.14. The van der Waals surface area contributed by atoms with Gasteiger partial charge in [-0.05, 0) is 42.9 Å². The first kappa shape index (κ1) is 14.0. The van der Waals surface area contributed by atoms with E-state index in [9.17, 15) is 4.79 Å². The van der Waals surface area contributed by atoms with E-state index in [-0.39, 0.29) is 11.2 Å². The predicted molar refractivity (Wildman–Crippen MR) is 87.0 cm³/mol. The van der Waals surface area contributed by atoms with Gasteiger partial charge in [0.25, 0.3) is 0 Å². The molecule has 0 unspecified atom stereocenters. The third-order valence-corrected chi connectivity index (χ3v) is 4.82. The van der Waals surface area contributed by atoms with Crippen molar-refractivity contribution in [3.05, 3.63) is 46.2 Å². The minimum Gasteiger partial charge on any atom is -0.294 e. The number of ketones is 1. The normalized spacial score (nSPS) is 20.0. The minimum absolute atomic E-state index is 0.0126. The minimum atomic E-state index is -0.0126. The first-order valence-corrected chi connectivity index (χ1v) is 8.23. The number of hydrogen-bond acceptors (Lipinski definition) is 2. The van der Waals surface area contributed by atoms with E-state index in [1.54, 1.807) is 0 Å². The predicted octanol–water partition coefficient (Wildman–Crippen LogP) is 4.56. The molecule has 0 radical (unpaired) electrons. The highest BCUT2D eigenvalue weighted by molar-refractivity contribution is 6.30. The van der Waals surface area contributed by atoms with Gasteiger partial charge in [-0.1, -0.05) is 31.5 Å². The van der Waals surface area contributed by atoms with Crippen molar-refractivity contribution in [2.45, 2.75) is 45.4 Å². The lowest BCUT2D eigenvalue weighted by molar-refractivity contribution is 0.0910. The summed E-state index contributed by atoms with van der Waals surface area (Å²) in [5.74, 6) is 0.723. The number of rotatable bonds is 2. The van der Waals surface area contributed by atoms with Crippen molar-refractivity contribution < 1.29 is 4.79 Å². The molecule has 0 amide bonds. The van der Waals surface area contributed by atoms with Crippen LogP contribution in [0.3, 0.4) is 0 Å².